The maximum atomic E-state index is 9.90. The van der Waals surface area contributed by atoms with Crippen LogP contribution in [0.4, 0.5) is 0 Å². The minimum absolute atomic E-state index is 0.178. The Hall–Kier alpha value is -1.36. The van der Waals surface area contributed by atoms with Gasteiger partial charge >= 0.3 is 11.9 Å². The van der Waals surface area contributed by atoms with Gasteiger partial charge in [0, 0.05) is 11.6 Å². The van der Waals surface area contributed by atoms with Crippen LogP contribution >= 0.6 is 0 Å². The van der Waals surface area contributed by atoms with Crippen molar-refractivity contribution in [3.8, 4) is 0 Å². The van der Waals surface area contributed by atoms with Crippen molar-refractivity contribution in [1.82, 2.24) is 4.90 Å². The van der Waals surface area contributed by atoms with E-state index in [1.807, 2.05) is 0 Å². The van der Waals surface area contributed by atoms with Gasteiger partial charge in [-0.15, -0.1) is 0 Å². The van der Waals surface area contributed by atoms with Crippen LogP contribution in [0, 0.1) is 0 Å². The van der Waals surface area contributed by atoms with Crippen molar-refractivity contribution in [2.75, 3.05) is 20.1 Å². The summed E-state index contributed by atoms with van der Waals surface area (Å²) >= 11 is 0. The molecule has 5 heteroatoms. The van der Waals surface area contributed by atoms with E-state index in [0.29, 0.717) is 6.08 Å². The molecule has 0 aromatic rings. The lowest BCUT2D eigenvalue weighted by atomic mass is 10.1. The largest absolute Gasteiger partial charge is 0.478 e. The molecule has 0 aromatic carbocycles. The summed E-state index contributed by atoms with van der Waals surface area (Å²) in [6.07, 6.45) is 4.92. The molecule has 1 aliphatic rings. The van der Waals surface area contributed by atoms with Crippen molar-refractivity contribution in [3.63, 3.8) is 0 Å². The van der Waals surface area contributed by atoms with E-state index >= 15 is 0 Å². The standard InChI is InChI=1S/C6H13N.C5H6O4/c1-7-5-3-2-4-6-7;1-3(5(8)9)2-4(6)7/h2-6H2,1H3;2H,1H3,(H,6,7)(H,8,9)/b;3-2-. The molecule has 0 radical (unpaired) electrons. The predicted molar refractivity (Wildman–Crippen MR) is 60.4 cm³/mol. The fraction of sp³-hybridized carbons (Fsp3) is 0.636. The maximum Gasteiger partial charge on any atom is 0.331 e. The Kier molecular flexibility index (Phi) is 7.20. The lowest BCUT2D eigenvalue weighted by molar-refractivity contribution is -0.135. The molecule has 1 saturated heterocycles. The van der Waals surface area contributed by atoms with E-state index in [9.17, 15) is 9.59 Å². The molecule has 2 N–H and O–H groups in total. The lowest BCUT2D eigenvalue weighted by Crippen LogP contribution is -2.24. The van der Waals surface area contributed by atoms with Crippen LogP contribution in [-0.4, -0.2) is 47.2 Å². The molecule has 0 atom stereocenters. The topological polar surface area (TPSA) is 77.8 Å². The number of hydrogen-bond acceptors (Lipinski definition) is 3. The highest BCUT2D eigenvalue weighted by molar-refractivity contribution is 5.93. The van der Waals surface area contributed by atoms with Crippen LogP contribution in [0.15, 0.2) is 11.6 Å². The molecular formula is C11H19NO4. The minimum Gasteiger partial charge on any atom is -0.478 e. The molecule has 0 bridgehead atoms. The molecule has 92 valence electrons. The van der Waals surface area contributed by atoms with Crippen LogP contribution < -0.4 is 0 Å². The van der Waals surface area contributed by atoms with E-state index in [4.69, 9.17) is 10.2 Å². The summed E-state index contributed by atoms with van der Waals surface area (Å²) in [6, 6.07) is 0. The van der Waals surface area contributed by atoms with Gasteiger partial charge in [0.25, 0.3) is 0 Å². The summed E-state index contributed by atoms with van der Waals surface area (Å²) in [5.41, 5.74) is -0.178. The molecule has 1 aliphatic heterocycles. The highest BCUT2D eigenvalue weighted by Gasteiger charge is 2.02. The Morgan fingerprint density at radius 2 is 1.62 bits per heavy atom. The smallest absolute Gasteiger partial charge is 0.331 e. The summed E-state index contributed by atoms with van der Waals surface area (Å²) in [6.45, 7) is 3.86. The highest BCUT2D eigenvalue weighted by Crippen LogP contribution is 2.04. The number of hydrogen-bond donors (Lipinski definition) is 2. The second-order valence-electron chi connectivity index (χ2n) is 3.83. The Bertz CT molecular complexity index is 267. The number of aliphatic carboxylic acids is 2. The summed E-state index contributed by atoms with van der Waals surface area (Å²) in [7, 11) is 2.19. The van der Waals surface area contributed by atoms with Crippen LogP contribution in [0.2, 0.25) is 0 Å². The molecule has 0 aromatic heterocycles. The van der Waals surface area contributed by atoms with Crippen LogP contribution in [-0.2, 0) is 9.59 Å². The first kappa shape index (κ1) is 14.6. The SMILES string of the molecule is C/C(=C/C(=O)O)C(=O)O.CN1CCCCC1. The van der Waals surface area contributed by atoms with Crippen LogP contribution in [0.5, 0.6) is 0 Å². The number of carboxylic acid groups (broad SMARTS) is 2. The zero-order valence-corrected chi connectivity index (χ0v) is 9.77. The van der Waals surface area contributed by atoms with E-state index < -0.39 is 11.9 Å². The first-order chi connectivity index (χ1) is 7.43. The van der Waals surface area contributed by atoms with Crippen LogP contribution in [0.1, 0.15) is 26.2 Å². The predicted octanol–water partition coefficient (Wildman–Crippen LogP) is 1.20. The van der Waals surface area contributed by atoms with Gasteiger partial charge in [0.2, 0.25) is 0 Å². The van der Waals surface area contributed by atoms with Gasteiger partial charge in [-0.3, -0.25) is 0 Å². The molecule has 5 nitrogen and oxygen atoms in total. The van der Waals surface area contributed by atoms with E-state index in [0.717, 1.165) is 0 Å². The lowest BCUT2D eigenvalue weighted by Gasteiger charge is -2.20. The van der Waals surface area contributed by atoms with Crippen molar-refractivity contribution >= 4 is 11.9 Å². The molecular weight excluding hydrogens is 210 g/mol. The Morgan fingerprint density at radius 3 is 1.81 bits per heavy atom. The summed E-state index contributed by atoms with van der Waals surface area (Å²) in [5.74, 6) is -2.45. The summed E-state index contributed by atoms with van der Waals surface area (Å²) < 4.78 is 0. The Morgan fingerprint density at radius 1 is 1.12 bits per heavy atom. The summed E-state index contributed by atoms with van der Waals surface area (Å²) in [5, 5.41) is 16.1. The molecule has 1 fully saturated rings. The average Bonchev–Trinajstić information content (AvgIpc) is 2.18. The highest BCUT2D eigenvalue weighted by atomic mass is 16.4. The van der Waals surface area contributed by atoms with Crippen molar-refractivity contribution in [2.45, 2.75) is 26.2 Å². The van der Waals surface area contributed by atoms with Crippen molar-refractivity contribution < 1.29 is 19.8 Å². The number of carboxylic acids is 2. The second-order valence-corrected chi connectivity index (χ2v) is 3.83. The van der Waals surface area contributed by atoms with Gasteiger partial charge in [-0.1, -0.05) is 6.42 Å². The number of rotatable bonds is 2. The van der Waals surface area contributed by atoms with Gasteiger partial charge < -0.3 is 15.1 Å². The molecule has 0 unspecified atom stereocenters. The average molecular weight is 229 g/mol. The van der Waals surface area contributed by atoms with Crippen LogP contribution in [0.25, 0.3) is 0 Å². The molecule has 0 spiro atoms. The molecule has 0 amide bonds. The number of likely N-dealkylation sites (tertiary alicyclic amines) is 1. The number of nitrogens with zero attached hydrogens (tertiary/aromatic N) is 1. The van der Waals surface area contributed by atoms with Crippen LogP contribution in [0.3, 0.4) is 0 Å². The molecule has 0 saturated carbocycles. The number of piperidine rings is 1. The van der Waals surface area contributed by atoms with Crippen molar-refractivity contribution in [2.24, 2.45) is 0 Å². The minimum atomic E-state index is -1.24. The second kappa shape index (κ2) is 7.87. The third-order valence-electron chi connectivity index (χ3n) is 2.26. The van der Waals surface area contributed by atoms with Gasteiger partial charge in [0.1, 0.15) is 0 Å². The van der Waals surface area contributed by atoms with Gasteiger partial charge in [-0.25, -0.2) is 9.59 Å². The van der Waals surface area contributed by atoms with E-state index in [-0.39, 0.29) is 5.57 Å². The van der Waals surface area contributed by atoms with E-state index in [1.165, 1.54) is 39.3 Å². The fourth-order valence-electron chi connectivity index (χ4n) is 1.30. The Balaban J connectivity index is 0.000000288. The van der Waals surface area contributed by atoms with Gasteiger partial charge in [-0.05, 0) is 39.9 Å². The normalized spacial score (nSPS) is 17.2. The van der Waals surface area contributed by atoms with Gasteiger partial charge in [-0.2, -0.15) is 0 Å². The van der Waals surface area contributed by atoms with Gasteiger partial charge in [0.05, 0.1) is 0 Å². The van der Waals surface area contributed by atoms with Gasteiger partial charge in [0.15, 0.2) is 0 Å². The molecule has 1 rings (SSSR count). The van der Waals surface area contributed by atoms with E-state index in [2.05, 4.69) is 11.9 Å². The first-order valence-electron chi connectivity index (χ1n) is 5.26. The molecule has 16 heavy (non-hydrogen) atoms. The fourth-order valence-corrected chi connectivity index (χ4v) is 1.30. The first-order valence-corrected chi connectivity index (χ1v) is 5.26. The van der Waals surface area contributed by atoms with Crippen molar-refractivity contribution in [1.29, 1.82) is 0 Å². The van der Waals surface area contributed by atoms with E-state index in [1.54, 1.807) is 0 Å². The monoisotopic (exact) mass is 229 g/mol. The molecule has 0 aliphatic carbocycles. The number of carbonyl (C=O) groups is 2. The zero-order valence-electron chi connectivity index (χ0n) is 9.77. The van der Waals surface area contributed by atoms with Crippen molar-refractivity contribution in [3.05, 3.63) is 11.6 Å². The third-order valence-corrected chi connectivity index (χ3v) is 2.26. The summed E-state index contributed by atoms with van der Waals surface area (Å²) in [4.78, 5) is 22.1. The molecule has 1 heterocycles. The quantitative estimate of drug-likeness (QED) is 0.696. The third kappa shape index (κ3) is 7.99. The maximum absolute atomic E-state index is 9.90. The zero-order chi connectivity index (χ0) is 12.6. The Labute approximate surface area is 95.4 Å².